The minimum atomic E-state index is 0.444. The lowest BCUT2D eigenvalue weighted by atomic mass is 9.64. The van der Waals surface area contributed by atoms with Crippen molar-refractivity contribution in [2.75, 3.05) is 0 Å². The van der Waals surface area contributed by atoms with Gasteiger partial charge in [0, 0.05) is 5.92 Å². The Labute approximate surface area is 68.1 Å². The highest BCUT2D eigenvalue weighted by atomic mass is 16.3. The predicted molar refractivity (Wildman–Crippen MR) is 45.3 cm³/mol. The van der Waals surface area contributed by atoms with Crippen molar-refractivity contribution < 1.29 is 5.11 Å². The Bertz CT molecular complexity index is 166. The molecule has 0 aromatic carbocycles. The van der Waals surface area contributed by atoms with Crippen molar-refractivity contribution in [1.29, 1.82) is 0 Å². The van der Waals surface area contributed by atoms with Crippen molar-refractivity contribution in [3.63, 3.8) is 0 Å². The molecule has 3 saturated carbocycles. The van der Waals surface area contributed by atoms with Crippen LogP contribution in [0.5, 0.6) is 0 Å². The molecule has 1 N–H and O–H groups in total. The monoisotopic (exact) mass is 152 g/mol. The van der Waals surface area contributed by atoms with Crippen molar-refractivity contribution in [3.8, 4) is 0 Å². The Morgan fingerprint density at radius 1 is 1.18 bits per heavy atom. The van der Waals surface area contributed by atoms with Crippen molar-refractivity contribution >= 4 is 0 Å². The van der Waals surface area contributed by atoms with E-state index in [0.717, 1.165) is 11.8 Å². The van der Waals surface area contributed by atoms with Crippen LogP contribution in [-0.2, 0) is 0 Å². The van der Waals surface area contributed by atoms with Crippen LogP contribution >= 0.6 is 0 Å². The molecule has 0 heterocycles. The summed E-state index contributed by atoms with van der Waals surface area (Å²) in [5.74, 6) is 2.55. The van der Waals surface area contributed by atoms with E-state index in [9.17, 15) is 5.11 Å². The van der Waals surface area contributed by atoms with E-state index in [1.54, 1.807) is 0 Å². The van der Waals surface area contributed by atoms with E-state index < -0.39 is 0 Å². The van der Waals surface area contributed by atoms with E-state index in [2.05, 4.69) is 6.58 Å². The van der Waals surface area contributed by atoms with E-state index in [4.69, 9.17) is 0 Å². The van der Waals surface area contributed by atoms with E-state index in [1.807, 2.05) is 0 Å². The van der Waals surface area contributed by atoms with Gasteiger partial charge in [0.1, 0.15) is 0 Å². The van der Waals surface area contributed by atoms with Gasteiger partial charge < -0.3 is 5.11 Å². The van der Waals surface area contributed by atoms with Crippen LogP contribution in [0.2, 0.25) is 0 Å². The van der Waals surface area contributed by atoms with Crippen LogP contribution in [0.3, 0.4) is 0 Å². The highest BCUT2D eigenvalue weighted by Gasteiger charge is 2.36. The molecule has 1 nitrogen and oxygen atoms in total. The minimum Gasteiger partial charge on any atom is -0.513 e. The molecule has 11 heavy (non-hydrogen) atoms. The van der Waals surface area contributed by atoms with E-state index >= 15 is 0 Å². The fourth-order valence-corrected chi connectivity index (χ4v) is 2.79. The standard InChI is InChI=1S/C10H16O/c1-7(11)10-6-8-2-4-9(10)5-3-8/h8-11H,1-6H2. The molecule has 0 radical (unpaired) electrons. The average Bonchev–Trinajstić information content (AvgIpc) is 2.06. The van der Waals surface area contributed by atoms with Gasteiger partial charge in [-0.3, -0.25) is 0 Å². The maximum absolute atomic E-state index is 9.30. The molecule has 3 rings (SSSR count). The summed E-state index contributed by atoms with van der Waals surface area (Å²) < 4.78 is 0. The van der Waals surface area contributed by atoms with Crippen LogP contribution in [0, 0.1) is 17.8 Å². The number of fused-ring (bicyclic) bond motifs is 3. The van der Waals surface area contributed by atoms with Crippen molar-refractivity contribution in [2.24, 2.45) is 17.8 Å². The molecule has 1 unspecified atom stereocenters. The van der Waals surface area contributed by atoms with Crippen LogP contribution < -0.4 is 0 Å². The number of aliphatic hydroxyl groups is 1. The SMILES string of the molecule is C=C(O)C1CC2CCC1CC2. The van der Waals surface area contributed by atoms with Gasteiger partial charge in [0.25, 0.3) is 0 Å². The molecule has 0 saturated heterocycles. The third-order valence-electron chi connectivity index (χ3n) is 3.48. The minimum absolute atomic E-state index is 0.444. The Balaban J connectivity index is 2.08. The zero-order chi connectivity index (χ0) is 7.84. The molecule has 62 valence electrons. The predicted octanol–water partition coefficient (Wildman–Crippen LogP) is 2.88. The lowest BCUT2D eigenvalue weighted by Gasteiger charge is -2.41. The zero-order valence-corrected chi connectivity index (χ0v) is 6.92. The fourth-order valence-electron chi connectivity index (χ4n) is 2.79. The summed E-state index contributed by atoms with van der Waals surface area (Å²) in [6.07, 6.45) is 6.66. The smallest absolute Gasteiger partial charge is 0.0884 e. The quantitative estimate of drug-likeness (QED) is 0.573. The Morgan fingerprint density at radius 3 is 2.09 bits per heavy atom. The average molecular weight is 152 g/mol. The molecular weight excluding hydrogens is 136 g/mol. The van der Waals surface area contributed by atoms with Crippen molar-refractivity contribution in [1.82, 2.24) is 0 Å². The van der Waals surface area contributed by atoms with Crippen LogP contribution in [0.4, 0.5) is 0 Å². The molecule has 0 aliphatic heterocycles. The summed E-state index contributed by atoms with van der Waals surface area (Å²) in [6.45, 7) is 3.65. The highest BCUT2D eigenvalue weighted by Crippen LogP contribution is 2.46. The number of rotatable bonds is 1. The van der Waals surface area contributed by atoms with Gasteiger partial charge in [0.05, 0.1) is 5.76 Å². The maximum atomic E-state index is 9.30. The van der Waals surface area contributed by atoms with Gasteiger partial charge in [-0.05, 0) is 31.1 Å². The summed E-state index contributed by atoms with van der Waals surface area (Å²) in [6, 6.07) is 0. The largest absolute Gasteiger partial charge is 0.513 e. The molecule has 2 bridgehead atoms. The third kappa shape index (κ3) is 1.17. The van der Waals surface area contributed by atoms with Crippen molar-refractivity contribution in [2.45, 2.75) is 32.1 Å². The van der Waals surface area contributed by atoms with E-state index in [-0.39, 0.29) is 0 Å². The zero-order valence-electron chi connectivity index (χ0n) is 6.92. The van der Waals surface area contributed by atoms with E-state index in [1.165, 1.54) is 32.1 Å². The first kappa shape index (κ1) is 7.20. The van der Waals surface area contributed by atoms with Crippen molar-refractivity contribution in [3.05, 3.63) is 12.3 Å². The Kier molecular flexibility index (Phi) is 1.67. The molecule has 0 aromatic heterocycles. The molecule has 3 aliphatic carbocycles. The Hall–Kier alpha value is -0.460. The number of hydrogen-bond donors (Lipinski definition) is 1. The van der Waals surface area contributed by atoms with Gasteiger partial charge in [0.15, 0.2) is 0 Å². The topological polar surface area (TPSA) is 20.2 Å². The number of allylic oxidation sites excluding steroid dienone is 1. The molecule has 1 atom stereocenters. The second-order valence-electron chi connectivity index (χ2n) is 4.11. The summed E-state index contributed by atoms with van der Waals surface area (Å²) in [7, 11) is 0. The number of hydrogen-bond acceptors (Lipinski definition) is 1. The van der Waals surface area contributed by atoms with Crippen LogP contribution in [0.25, 0.3) is 0 Å². The summed E-state index contributed by atoms with van der Waals surface area (Å²) >= 11 is 0. The molecule has 3 aliphatic rings. The first-order chi connectivity index (χ1) is 5.27. The summed E-state index contributed by atoms with van der Waals surface area (Å²) in [4.78, 5) is 0. The van der Waals surface area contributed by atoms with Gasteiger partial charge >= 0.3 is 0 Å². The Morgan fingerprint density at radius 2 is 1.82 bits per heavy atom. The lowest BCUT2D eigenvalue weighted by molar-refractivity contribution is 0.0924. The van der Waals surface area contributed by atoms with Crippen LogP contribution in [0.15, 0.2) is 12.3 Å². The van der Waals surface area contributed by atoms with Crippen LogP contribution in [0.1, 0.15) is 32.1 Å². The van der Waals surface area contributed by atoms with Gasteiger partial charge in [-0.1, -0.05) is 19.4 Å². The molecule has 3 fully saturated rings. The van der Waals surface area contributed by atoms with Gasteiger partial charge in [-0.2, -0.15) is 0 Å². The lowest BCUT2D eigenvalue weighted by Crippen LogP contribution is -2.31. The molecule has 0 spiro atoms. The first-order valence-corrected chi connectivity index (χ1v) is 4.65. The number of aliphatic hydroxyl groups excluding tert-OH is 1. The molecule has 0 aromatic rings. The van der Waals surface area contributed by atoms with Crippen LogP contribution in [-0.4, -0.2) is 5.11 Å². The van der Waals surface area contributed by atoms with Gasteiger partial charge in [-0.15, -0.1) is 0 Å². The van der Waals surface area contributed by atoms with Gasteiger partial charge in [0.2, 0.25) is 0 Å². The molecule has 0 amide bonds. The van der Waals surface area contributed by atoms with Gasteiger partial charge in [-0.25, -0.2) is 0 Å². The summed E-state index contributed by atoms with van der Waals surface area (Å²) in [5, 5.41) is 9.30. The normalized spacial score (nSPS) is 42.4. The summed E-state index contributed by atoms with van der Waals surface area (Å²) in [5.41, 5.74) is 0. The third-order valence-corrected chi connectivity index (χ3v) is 3.48. The second kappa shape index (κ2) is 2.54. The first-order valence-electron chi connectivity index (χ1n) is 4.65. The highest BCUT2D eigenvalue weighted by molar-refractivity contribution is 4.99. The second-order valence-corrected chi connectivity index (χ2v) is 4.11. The maximum Gasteiger partial charge on any atom is 0.0884 e. The fraction of sp³-hybridized carbons (Fsp3) is 0.800. The molecular formula is C10H16O. The molecule has 1 heteroatoms. The van der Waals surface area contributed by atoms with E-state index in [0.29, 0.717) is 11.7 Å².